The van der Waals surface area contributed by atoms with Crippen LogP contribution in [0.25, 0.3) is 0 Å². The van der Waals surface area contributed by atoms with E-state index in [0.717, 1.165) is 61.9 Å². The van der Waals surface area contributed by atoms with Crippen molar-refractivity contribution in [1.82, 2.24) is 0 Å². The van der Waals surface area contributed by atoms with Gasteiger partial charge in [0.2, 0.25) is 0 Å². The Balaban J connectivity index is 1.16. The molecular formula is C19H26O4. The zero-order valence-corrected chi connectivity index (χ0v) is 13.6. The molecule has 3 saturated carbocycles. The van der Waals surface area contributed by atoms with E-state index in [1.165, 1.54) is 12.8 Å². The Morgan fingerprint density at radius 1 is 1.09 bits per heavy atom. The molecule has 0 aromatic rings. The van der Waals surface area contributed by atoms with E-state index in [1.807, 2.05) is 0 Å². The third-order valence-electron chi connectivity index (χ3n) is 7.17. The number of ether oxygens (including phenoxy) is 3. The molecule has 23 heavy (non-hydrogen) atoms. The van der Waals surface area contributed by atoms with Gasteiger partial charge in [-0.05, 0) is 74.0 Å². The summed E-state index contributed by atoms with van der Waals surface area (Å²) >= 11 is 0. The number of carbonyl (C=O) groups is 1. The summed E-state index contributed by atoms with van der Waals surface area (Å²) in [6.07, 6.45) is 11.4. The van der Waals surface area contributed by atoms with Gasteiger partial charge in [-0.2, -0.15) is 0 Å². The normalized spacial score (nSPS) is 49.6. The largest absolute Gasteiger partial charge is 0.438 e. The third kappa shape index (κ3) is 2.29. The lowest BCUT2D eigenvalue weighted by Gasteiger charge is -2.35. The molecule has 1 aliphatic heterocycles. The van der Waals surface area contributed by atoms with Gasteiger partial charge in [0.05, 0.1) is 5.92 Å². The van der Waals surface area contributed by atoms with Gasteiger partial charge in [0.1, 0.15) is 0 Å². The van der Waals surface area contributed by atoms with E-state index in [-0.39, 0.29) is 25.0 Å². The van der Waals surface area contributed by atoms with Crippen LogP contribution in [-0.4, -0.2) is 25.7 Å². The second-order valence-electron chi connectivity index (χ2n) is 8.15. The molecule has 4 nitrogen and oxygen atoms in total. The molecule has 8 unspecified atom stereocenters. The lowest BCUT2D eigenvalue weighted by Crippen LogP contribution is -2.35. The molecule has 0 radical (unpaired) electrons. The Bertz CT molecular complexity index is 509. The van der Waals surface area contributed by atoms with Gasteiger partial charge in [0.25, 0.3) is 0 Å². The quantitative estimate of drug-likeness (QED) is 0.346. The minimum atomic E-state index is -0.184. The molecule has 0 N–H and O–H groups in total. The summed E-state index contributed by atoms with van der Waals surface area (Å²) in [5, 5.41) is 0. The zero-order chi connectivity index (χ0) is 15.4. The molecule has 0 amide bonds. The van der Waals surface area contributed by atoms with E-state index >= 15 is 0 Å². The van der Waals surface area contributed by atoms with Crippen LogP contribution in [0.1, 0.15) is 38.5 Å². The van der Waals surface area contributed by atoms with Crippen LogP contribution in [0.15, 0.2) is 12.2 Å². The summed E-state index contributed by atoms with van der Waals surface area (Å²) in [7, 11) is 0. The number of fused-ring (bicyclic) bond motifs is 9. The summed E-state index contributed by atoms with van der Waals surface area (Å²) in [5.41, 5.74) is 0. The molecule has 1 saturated heterocycles. The maximum absolute atomic E-state index is 12.5. The third-order valence-corrected chi connectivity index (χ3v) is 7.17. The van der Waals surface area contributed by atoms with E-state index in [0.29, 0.717) is 5.92 Å². The average Bonchev–Trinajstić information content (AvgIpc) is 3.34. The minimum absolute atomic E-state index is 0.0292. The minimum Gasteiger partial charge on any atom is -0.438 e. The number of carbonyl (C=O) groups excluding carboxylic acids is 1. The van der Waals surface area contributed by atoms with Crippen LogP contribution in [0.3, 0.4) is 0 Å². The van der Waals surface area contributed by atoms with Crippen molar-refractivity contribution < 1.29 is 19.0 Å². The maximum atomic E-state index is 12.5. The standard InChI is InChI=1S/C19H26O4/c20-19(23-10-22-16-3-1-2-6-21-16)15-9-13-8-14(15)18-12-5-4-11(7-12)17(13)18/h4-5,11-18H,1-3,6-10H2. The van der Waals surface area contributed by atoms with Crippen LogP contribution in [0.2, 0.25) is 0 Å². The molecule has 4 aliphatic carbocycles. The van der Waals surface area contributed by atoms with Crippen molar-refractivity contribution >= 4 is 5.97 Å². The number of rotatable bonds is 4. The Morgan fingerprint density at radius 2 is 1.96 bits per heavy atom. The van der Waals surface area contributed by atoms with E-state index in [4.69, 9.17) is 14.2 Å². The van der Waals surface area contributed by atoms with Gasteiger partial charge in [-0.15, -0.1) is 0 Å². The molecule has 126 valence electrons. The molecule has 1 heterocycles. The van der Waals surface area contributed by atoms with Gasteiger partial charge in [0.15, 0.2) is 13.1 Å². The monoisotopic (exact) mass is 318 g/mol. The molecule has 4 fully saturated rings. The van der Waals surface area contributed by atoms with Crippen LogP contribution in [0.4, 0.5) is 0 Å². The summed E-state index contributed by atoms with van der Waals surface area (Å²) in [6, 6.07) is 0. The first-order chi connectivity index (χ1) is 11.3. The fourth-order valence-electron chi connectivity index (χ4n) is 6.40. The molecule has 0 aromatic carbocycles. The van der Waals surface area contributed by atoms with E-state index in [1.54, 1.807) is 0 Å². The lowest BCUT2D eigenvalue weighted by atomic mass is 9.69. The van der Waals surface area contributed by atoms with Crippen LogP contribution in [0.5, 0.6) is 0 Å². The highest BCUT2D eigenvalue weighted by molar-refractivity contribution is 5.73. The molecule has 0 spiro atoms. The molecular weight excluding hydrogens is 292 g/mol. The van der Waals surface area contributed by atoms with Gasteiger partial charge in [-0.3, -0.25) is 4.79 Å². The first-order valence-corrected chi connectivity index (χ1v) is 9.39. The summed E-state index contributed by atoms with van der Waals surface area (Å²) in [6.45, 7) is 0.807. The van der Waals surface area contributed by atoms with Crippen LogP contribution >= 0.6 is 0 Å². The summed E-state index contributed by atoms with van der Waals surface area (Å²) < 4.78 is 16.5. The van der Waals surface area contributed by atoms with Gasteiger partial charge < -0.3 is 14.2 Å². The highest BCUT2D eigenvalue weighted by atomic mass is 16.8. The number of hydrogen-bond donors (Lipinski definition) is 0. The van der Waals surface area contributed by atoms with E-state index in [2.05, 4.69) is 12.2 Å². The first kappa shape index (κ1) is 14.5. The Morgan fingerprint density at radius 3 is 2.78 bits per heavy atom. The smallest absolute Gasteiger partial charge is 0.311 e. The second kappa shape index (κ2) is 5.59. The van der Waals surface area contributed by atoms with E-state index < -0.39 is 0 Å². The van der Waals surface area contributed by atoms with Crippen molar-refractivity contribution in [2.24, 2.45) is 41.4 Å². The van der Waals surface area contributed by atoms with Gasteiger partial charge in [-0.1, -0.05) is 12.2 Å². The van der Waals surface area contributed by atoms with E-state index in [9.17, 15) is 4.79 Å². The van der Waals surface area contributed by atoms with Gasteiger partial charge >= 0.3 is 5.97 Å². The van der Waals surface area contributed by atoms with Crippen LogP contribution in [0, 0.1) is 41.4 Å². The Labute approximate surface area is 137 Å². The second-order valence-corrected chi connectivity index (χ2v) is 8.15. The first-order valence-electron chi connectivity index (χ1n) is 9.39. The predicted molar refractivity (Wildman–Crippen MR) is 83.1 cm³/mol. The van der Waals surface area contributed by atoms with Crippen LogP contribution < -0.4 is 0 Å². The number of allylic oxidation sites excluding steroid dienone is 2. The van der Waals surface area contributed by atoms with Crippen molar-refractivity contribution in [2.75, 3.05) is 13.4 Å². The predicted octanol–water partition coefficient (Wildman–Crippen LogP) is 3.12. The SMILES string of the molecule is O=C(OCOC1CCCCO1)C1CC2CC1C1C3C=CC(C3)C21. The molecule has 8 atom stereocenters. The zero-order valence-electron chi connectivity index (χ0n) is 13.6. The van der Waals surface area contributed by atoms with Crippen molar-refractivity contribution in [3.8, 4) is 0 Å². The Kier molecular flexibility index (Phi) is 3.52. The van der Waals surface area contributed by atoms with Crippen molar-refractivity contribution in [2.45, 2.75) is 44.8 Å². The highest BCUT2D eigenvalue weighted by Crippen LogP contribution is 2.67. The fraction of sp³-hybridized carbons (Fsp3) is 0.842. The molecule has 0 aromatic heterocycles. The molecule has 5 rings (SSSR count). The van der Waals surface area contributed by atoms with Crippen molar-refractivity contribution in [3.05, 3.63) is 12.2 Å². The maximum Gasteiger partial charge on any atom is 0.311 e. The topological polar surface area (TPSA) is 44.8 Å². The fourth-order valence-corrected chi connectivity index (χ4v) is 6.40. The summed E-state index contributed by atoms with van der Waals surface area (Å²) in [4.78, 5) is 12.5. The number of esters is 1. The summed E-state index contributed by atoms with van der Waals surface area (Å²) in [5.74, 6) is 4.57. The molecule has 4 bridgehead atoms. The van der Waals surface area contributed by atoms with Crippen LogP contribution in [-0.2, 0) is 19.0 Å². The van der Waals surface area contributed by atoms with Crippen molar-refractivity contribution in [3.63, 3.8) is 0 Å². The van der Waals surface area contributed by atoms with Gasteiger partial charge in [0, 0.05) is 6.61 Å². The van der Waals surface area contributed by atoms with Crippen molar-refractivity contribution in [1.29, 1.82) is 0 Å². The highest BCUT2D eigenvalue weighted by Gasteiger charge is 2.62. The lowest BCUT2D eigenvalue weighted by molar-refractivity contribution is -0.213. The van der Waals surface area contributed by atoms with Gasteiger partial charge in [-0.25, -0.2) is 0 Å². The molecule has 5 aliphatic rings. The molecule has 4 heteroatoms. The average molecular weight is 318 g/mol. The Hall–Kier alpha value is -0.870. The number of hydrogen-bond acceptors (Lipinski definition) is 4.